The Hall–Kier alpha value is -0.110. The normalized spacial score (nSPS) is 9.83. The van der Waals surface area contributed by atoms with Crippen molar-refractivity contribution in [1.82, 2.24) is 5.32 Å². The summed E-state index contributed by atoms with van der Waals surface area (Å²) in [5, 5.41) is 3.27. The van der Waals surface area contributed by atoms with Crippen LogP contribution in [0.4, 0.5) is 0 Å². The van der Waals surface area contributed by atoms with Gasteiger partial charge in [-0.25, -0.2) is 0 Å². The van der Waals surface area contributed by atoms with Crippen LogP contribution in [-0.4, -0.2) is 11.5 Å². The first-order chi connectivity index (χ1) is 5.81. The summed E-state index contributed by atoms with van der Waals surface area (Å²) in [7, 11) is 0. The predicted octanol–water partition coefficient (Wildman–Crippen LogP) is 3.28. The largest absolute Gasteiger partial charge is 0.380 e. The first-order valence-corrected chi connectivity index (χ1v) is 5.48. The molecule has 0 amide bonds. The Morgan fingerprint density at radius 1 is 1.08 bits per heavy atom. The van der Waals surface area contributed by atoms with Crippen molar-refractivity contribution < 1.29 is 0 Å². The fourth-order valence-electron chi connectivity index (χ4n) is 1.10. The highest BCUT2D eigenvalue weighted by Gasteiger charge is 1.92. The molecule has 0 heterocycles. The molecule has 0 aliphatic carbocycles. The Bertz CT molecular complexity index is 112. The van der Waals surface area contributed by atoms with Crippen LogP contribution in [0.15, 0.2) is 0 Å². The lowest BCUT2D eigenvalue weighted by Crippen LogP contribution is -2.21. The second kappa shape index (κ2) is 8.98. The van der Waals surface area contributed by atoms with E-state index in [-0.39, 0.29) is 0 Å². The van der Waals surface area contributed by atoms with Crippen molar-refractivity contribution in [3.05, 3.63) is 0 Å². The molecule has 0 aliphatic rings. The number of hydrogen-bond acceptors (Lipinski definition) is 1. The maximum Gasteiger partial charge on any atom is 0.0753 e. The van der Waals surface area contributed by atoms with Crippen LogP contribution in [0.5, 0.6) is 0 Å². The summed E-state index contributed by atoms with van der Waals surface area (Å²) >= 11 is 5.12. The number of rotatable bonds is 7. The fraction of sp³-hybridized carbons (Fsp3) is 0.900. The third-order valence-electron chi connectivity index (χ3n) is 1.83. The molecule has 0 unspecified atom stereocenters. The minimum absolute atomic E-state index is 1.04. The summed E-state index contributed by atoms with van der Waals surface area (Å²) < 4.78 is 0. The Kier molecular flexibility index (Phi) is 8.90. The van der Waals surface area contributed by atoms with Crippen molar-refractivity contribution in [3.8, 4) is 0 Å². The van der Waals surface area contributed by atoms with Gasteiger partial charge in [-0.15, -0.1) is 0 Å². The van der Waals surface area contributed by atoms with E-state index in [4.69, 9.17) is 12.2 Å². The molecule has 0 aromatic rings. The van der Waals surface area contributed by atoms with Gasteiger partial charge in [-0.1, -0.05) is 45.3 Å². The lowest BCUT2D eigenvalue weighted by Gasteiger charge is -2.05. The highest BCUT2D eigenvalue weighted by molar-refractivity contribution is 7.80. The first kappa shape index (κ1) is 11.9. The SMILES string of the molecule is CCCCCCNC(=S)CCC. The molecule has 0 rings (SSSR count). The minimum Gasteiger partial charge on any atom is -0.380 e. The van der Waals surface area contributed by atoms with Gasteiger partial charge in [0.1, 0.15) is 0 Å². The van der Waals surface area contributed by atoms with Gasteiger partial charge in [0.05, 0.1) is 4.99 Å². The number of nitrogens with one attached hydrogen (secondary N) is 1. The van der Waals surface area contributed by atoms with Crippen LogP contribution in [-0.2, 0) is 0 Å². The summed E-state index contributed by atoms with van der Waals surface area (Å²) in [4.78, 5) is 1.04. The first-order valence-electron chi connectivity index (χ1n) is 5.08. The summed E-state index contributed by atoms with van der Waals surface area (Å²) in [5.41, 5.74) is 0. The van der Waals surface area contributed by atoms with Gasteiger partial charge >= 0.3 is 0 Å². The van der Waals surface area contributed by atoms with E-state index in [0.717, 1.165) is 24.4 Å². The van der Waals surface area contributed by atoms with Crippen molar-refractivity contribution in [2.24, 2.45) is 0 Å². The van der Waals surface area contributed by atoms with Gasteiger partial charge in [-0.05, 0) is 19.3 Å². The molecule has 1 nitrogen and oxygen atoms in total. The molecule has 12 heavy (non-hydrogen) atoms. The molecule has 0 saturated carbocycles. The Labute approximate surface area is 81.9 Å². The number of unbranched alkanes of at least 4 members (excludes halogenated alkanes) is 3. The smallest absolute Gasteiger partial charge is 0.0753 e. The van der Waals surface area contributed by atoms with E-state index < -0.39 is 0 Å². The third-order valence-corrected chi connectivity index (χ3v) is 2.18. The number of thiocarbonyl (C=S) groups is 1. The number of hydrogen-bond donors (Lipinski definition) is 1. The van der Waals surface area contributed by atoms with Crippen LogP contribution in [0.3, 0.4) is 0 Å². The lowest BCUT2D eigenvalue weighted by molar-refractivity contribution is 0.653. The summed E-state index contributed by atoms with van der Waals surface area (Å²) in [6.45, 7) is 5.46. The van der Waals surface area contributed by atoms with E-state index in [1.165, 1.54) is 25.7 Å². The molecule has 0 spiro atoms. The van der Waals surface area contributed by atoms with Gasteiger partial charge in [0.15, 0.2) is 0 Å². The monoisotopic (exact) mass is 187 g/mol. The van der Waals surface area contributed by atoms with Gasteiger partial charge in [-0.3, -0.25) is 0 Å². The van der Waals surface area contributed by atoms with E-state index >= 15 is 0 Å². The van der Waals surface area contributed by atoms with Crippen LogP contribution in [0.2, 0.25) is 0 Å². The molecule has 0 fully saturated rings. The molecule has 2 heteroatoms. The van der Waals surface area contributed by atoms with E-state index in [1.807, 2.05) is 0 Å². The highest BCUT2D eigenvalue weighted by atomic mass is 32.1. The zero-order valence-electron chi connectivity index (χ0n) is 8.36. The second-order valence-corrected chi connectivity index (χ2v) is 3.65. The average molecular weight is 187 g/mol. The molecule has 0 aliphatic heterocycles. The maximum absolute atomic E-state index is 5.12. The van der Waals surface area contributed by atoms with Gasteiger partial charge < -0.3 is 5.32 Å². The average Bonchev–Trinajstić information content (AvgIpc) is 2.05. The molecule has 0 radical (unpaired) electrons. The molecule has 72 valence electrons. The van der Waals surface area contributed by atoms with Crippen LogP contribution in [0.1, 0.15) is 52.4 Å². The standard InChI is InChI=1S/C10H21NS/c1-3-5-6-7-9-11-10(12)8-4-2/h3-9H2,1-2H3,(H,11,12). The molecule has 0 bridgehead atoms. The van der Waals surface area contributed by atoms with E-state index in [0.29, 0.717) is 0 Å². The zero-order chi connectivity index (χ0) is 9.23. The van der Waals surface area contributed by atoms with Gasteiger partial charge in [0, 0.05) is 6.54 Å². The van der Waals surface area contributed by atoms with Crippen molar-refractivity contribution in [1.29, 1.82) is 0 Å². The van der Waals surface area contributed by atoms with Crippen LogP contribution in [0, 0.1) is 0 Å². The molecule has 0 aromatic carbocycles. The molecular formula is C10H21NS. The molecule has 0 aromatic heterocycles. The van der Waals surface area contributed by atoms with Gasteiger partial charge in [-0.2, -0.15) is 0 Å². The minimum atomic E-state index is 1.04. The van der Waals surface area contributed by atoms with Gasteiger partial charge in [0.2, 0.25) is 0 Å². The molecular weight excluding hydrogens is 166 g/mol. The van der Waals surface area contributed by atoms with E-state index in [1.54, 1.807) is 0 Å². The van der Waals surface area contributed by atoms with Crippen molar-refractivity contribution >= 4 is 17.2 Å². The quantitative estimate of drug-likeness (QED) is 0.485. The Morgan fingerprint density at radius 3 is 2.42 bits per heavy atom. The predicted molar refractivity (Wildman–Crippen MR) is 59.7 cm³/mol. The lowest BCUT2D eigenvalue weighted by atomic mass is 10.2. The van der Waals surface area contributed by atoms with Crippen LogP contribution < -0.4 is 5.32 Å². The molecule has 0 atom stereocenters. The van der Waals surface area contributed by atoms with E-state index in [2.05, 4.69) is 19.2 Å². The summed E-state index contributed by atoms with van der Waals surface area (Å²) in [5.74, 6) is 0. The maximum atomic E-state index is 5.12. The topological polar surface area (TPSA) is 12.0 Å². The van der Waals surface area contributed by atoms with Crippen molar-refractivity contribution in [3.63, 3.8) is 0 Å². The summed E-state index contributed by atoms with van der Waals surface area (Å²) in [6, 6.07) is 0. The third kappa shape index (κ3) is 7.99. The van der Waals surface area contributed by atoms with E-state index in [9.17, 15) is 0 Å². The summed E-state index contributed by atoms with van der Waals surface area (Å²) in [6.07, 6.45) is 7.45. The van der Waals surface area contributed by atoms with Crippen molar-refractivity contribution in [2.75, 3.05) is 6.54 Å². The van der Waals surface area contributed by atoms with Crippen LogP contribution in [0.25, 0.3) is 0 Å². The Morgan fingerprint density at radius 2 is 1.83 bits per heavy atom. The van der Waals surface area contributed by atoms with Crippen LogP contribution >= 0.6 is 12.2 Å². The fourth-order valence-corrected chi connectivity index (χ4v) is 1.40. The Balaban J connectivity index is 3.03. The van der Waals surface area contributed by atoms with Crippen molar-refractivity contribution in [2.45, 2.75) is 52.4 Å². The molecule has 0 saturated heterocycles. The zero-order valence-corrected chi connectivity index (χ0v) is 9.17. The highest BCUT2D eigenvalue weighted by Crippen LogP contribution is 1.97. The van der Waals surface area contributed by atoms with Gasteiger partial charge in [0.25, 0.3) is 0 Å². The second-order valence-electron chi connectivity index (χ2n) is 3.16. The molecule has 1 N–H and O–H groups in total.